The molecular formula is C7H17N3O4S. The molecule has 0 aromatic carbocycles. The molecule has 1 rings (SSSR count). The van der Waals surface area contributed by atoms with Crippen LogP contribution in [-0.2, 0) is 15.0 Å². The molecule has 0 bridgehead atoms. The van der Waals surface area contributed by atoms with Crippen molar-refractivity contribution in [2.75, 3.05) is 26.5 Å². The molecule has 0 saturated carbocycles. The smallest absolute Gasteiger partial charge is 0.261 e. The van der Waals surface area contributed by atoms with Crippen LogP contribution in [0.5, 0.6) is 0 Å². The van der Waals surface area contributed by atoms with Crippen LogP contribution in [0.4, 0.5) is 0 Å². The summed E-state index contributed by atoms with van der Waals surface area (Å²) in [5.74, 6) is 1.27. The Bertz CT molecular complexity index is 293. The number of amidine groups is 1. The fourth-order valence-corrected chi connectivity index (χ4v) is 1.09. The van der Waals surface area contributed by atoms with Crippen LogP contribution < -0.4 is 11.1 Å². The number of nitrogens with one attached hydrogen (secondary N) is 1. The Labute approximate surface area is 89.4 Å². The summed E-state index contributed by atoms with van der Waals surface area (Å²) in [4.78, 5) is 4.63. The van der Waals surface area contributed by atoms with Gasteiger partial charge >= 0.3 is 0 Å². The second-order valence-electron chi connectivity index (χ2n) is 3.04. The van der Waals surface area contributed by atoms with Crippen molar-refractivity contribution in [2.24, 2.45) is 16.8 Å². The van der Waals surface area contributed by atoms with Crippen LogP contribution >= 0.6 is 0 Å². The average molecular weight is 239 g/mol. The molecule has 7 nitrogen and oxygen atoms in total. The molecule has 1 fully saturated rings. The first-order valence-electron chi connectivity index (χ1n) is 4.36. The summed E-state index contributed by atoms with van der Waals surface area (Å²) in [7, 11) is -2.12. The number of rotatable bonds is 2. The predicted molar refractivity (Wildman–Crippen MR) is 57.1 cm³/mol. The summed E-state index contributed by atoms with van der Waals surface area (Å²) in [6, 6.07) is 0. The van der Waals surface area contributed by atoms with Gasteiger partial charge in [-0.2, -0.15) is 8.42 Å². The highest BCUT2D eigenvalue weighted by atomic mass is 32.2. The molecule has 0 radical (unpaired) electrons. The van der Waals surface area contributed by atoms with E-state index < -0.39 is 10.1 Å². The van der Waals surface area contributed by atoms with Crippen LogP contribution in [0, 0.1) is 5.92 Å². The van der Waals surface area contributed by atoms with E-state index in [2.05, 4.69) is 15.3 Å². The van der Waals surface area contributed by atoms with E-state index in [1.165, 1.54) is 0 Å². The van der Waals surface area contributed by atoms with E-state index >= 15 is 0 Å². The van der Waals surface area contributed by atoms with Gasteiger partial charge in [0.1, 0.15) is 12.9 Å². The first-order valence-corrected chi connectivity index (χ1v) is 6.20. The van der Waals surface area contributed by atoms with Crippen LogP contribution in [0.1, 0.15) is 6.42 Å². The van der Waals surface area contributed by atoms with E-state index in [1.807, 2.05) is 0 Å². The zero-order valence-electron chi connectivity index (χ0n) is 8.80. The minimum absolute atomic E-state index is 0.375. The van der Waals surface area contributed by atoms with E-state index in [-0.39, 0.29) is 0 Å². The lowest BCUT2D eigenvalue weighted by Crippen LogP contribution is -2.25. The Hall–Kier alpha value is -0.860. The molecule has 1 unspecified atom stereocenters. The lowest BCUT2D eigenvalue weighted by Gasteiger charge is -2.04. The molecule has 1 saturated heterocycles. The lowest BCUT2D eigenvalue weighted by atomic mass is 10.1. The lowest BCUT2D eigenvalue weighted by molar-refractivity contribution is 0.210. The Balaban J connectivity index is 0.000000336. The summed E-state index contributed by atoms with van der Waals surface area (Å²) in [6.07, 6.45) is 1.78. The Morgan fingerprint density at radius 1 is 1.73 bits per heavy atom. The predicted octanol–water partition coefficient (Wildman–Crippen LogP) is -0.981. The molecule has 0 aliphatic carbocycles. The van der Waals surface area contributed by atoms with Crippen molar-refractivity contribution in [3.8, 4) is 0 Å². The first kappa shape index (κ1) is 14.1. The monoisotopic (exact) mass is 239 g/mol. The molecule has 15 heavy (non-hydrogen) atoms. The van der Waals surface area contributed by atoms with Gasteiger partial charge in [-0.1, -0.05) is 5.16 Å². The van der Waals surface area contributed by atoms with Gasteiger partial charge in [0.2, 0.25) is 0 Å². The Morgan fingerprint density at radius 3 is 2.67 bits per heavy atom. The van der Waals surface area contributed by atoms with E-state index in [1.54, 1.807) is 7.11 Å². The Kier molecular flexibility index (Phi) is 6.21. The molecule has 0 aromatic rings. The number of nitrogens with two attached hydrogens (primary N) is 1. The largest absolute Gasteiger partial charge is 0.398 e. The number of oxime groups is 1. The van der Waals surface area contributed by atoms with E-state index in [9.17, 15) is 8.42 Å². The zero-order chi connectivity index (χ0) is 11.9. The number of hydrogen-bond acceptors (Lipinski definition) is 5. The van der Waals surface area contributed by atoms with Crippen molar-refractivity contribution >= 4 is 16.0 Å². The zero-order valence-corrected chi connectivity index (χ0v) is 9.62. The van der Waals surface area contributed by atoms with Crippen LogP contribution in [0.25, 0.3) is 0 Å². The summed E-state index contributed by atoms with van der Waals surface area (Å²) in [6.45, 7) is 1.61. The summed E-state index contributed by atoms with van der Waals surface area (Å²) in [5, 5.41) is 6.90. The van der Waals surface area contributed by atoms with Gasteiger partial charge in [-0.05, 0) is 6.42 Å². The average Bonchev–Trinajstić information content (AvgIpc) is 2.49. The maximum Gasteiger partial charge on any atom is 0.261 e. The third kappa shape index (κ3) is 8.16. The summed E-state index contributed by atoms with van der Waals surface area (Å²) >= 11 is 0. The van der Waals surface area contributed by atoms with Crippen molar-refractivity contribution in [3.05, 3.63) is 0 Å². The van der Waals surface area contributed by atoms with E-state index in [4.69, 9.17) is 10.3 Å². The van der Waals surface area contributed by atoms with Crippen molar-refractivity contribution < 1.29 is 17.8 Å². The minimum atomic E-state index is -3.67. The fourth-order valence-electron chi connectivity index (χ4n) is 1.09. The molecular weight excluding hydrogens is 222 g/mol. The van der Waals surface area contributed by atoms with Gasteiger partial charge in [-0.3, -0.25) is 4.55 Å². The quantitative estimate of drug-likeness (QED) is 0.421. The molecule has 1 aliphatic rings. The second-order valence-corrected chi connectivity index (χ2v) is 4.51. The van der Waals surface area contributed by atoms with Crippen molar-refractivity contribution in [1.29, 1.82) is 0 Å². The maximum absolute atomic E-state index is 9.19. The van der Waals surface area contributed by atoms with Gasteiger partial charge in [0.15, 0.2) is 0 Å². The van der Waals surface area contributed by atoms with Gasteiger partial charge in [0.05, 0.1) is 6.26 Å². The van der Waals surface area contributed by atoms with E-state index in [0.717, 1.165) is 18.8 Å². The minimum Gasteiger partial charge on any atom is -0.398 e. The van der Waals surface area contributed by atoms with Gasteiger partial charge < -0.3 is 15.9 Å². The highest BCUT2D eigenvalue weighted by molar-refractivity contribution is 7.85. The van der Waals surface area contributed by atoms with Gasteiger partial charge in [-0.25, -0.2) is 0 Å². The SMILES string of the molecule is CON=C1NCCC1CN.CS(=O)(=O)O. The molecule has 0 amide bonds. The summed E-state index contributed by atoms with van der Waals surface area (Å²) in [5.41, 5.74) is 5.48. The second kappa shape index (κ2) is 6.59. The fraction of sp³-hybridized carbons (Fsp3) is 0.857. The third-order valence-electron chi connectivity index (χ3n) is 1.66. The molecule has 1 atom stereocenters. The van der Waals surface area contributed by atoms with Crippen molar-refractivity contribution in [2.45, 2.75) is 6.42 Å². The standard InChI is InChI=1S/C6H13N3O.CH4O3S/c1-10-9-6-5(4-7)2-3-8-6;1-5(2,3)4/h5H,2-4,7H2,1H3,(H,8,9);1H3,(H,2,3,4). The molecule has 4 N–H and O–H groups in total. The number of nitrogens with zero attached hydrogens (tertiary/aromatic N) is 1. The van der Waals surface area contributed by atoms with Gasteiger partial charge in [-0.15, -0.1) is 0 Å². The molecule has 1 aliphatic heterocycles. The maximum atomic E-state index is 9.19. The topological polar surface area (TPSA) is 114 Å². The van der Waals surface area contributed by atoms with Crippen LogP contribution in [0.15, 0.2) is 5.16 Å². The molecule has 90 valence electrons. The van der Waals surface area contributed by atoms with E-state index in [0.29, 0.717) is 18.7 Å². The Morgan fingerprint density at radius 2 is 2.27 bits per heavy atom. The van der Waals surface area contributed by atoms with Gasteiger partial charge in [0, 0.05) is 19.0 Å². The van der Waals surface area contributed by atoms with Crippen LogP contribution in [-0.4, -0.2) is 45.3 Å². The van der Waals surface area contributed by atoms with Crippen LogP contribution in [0.3, 0.4) is 0 Å². The normalized spacial score (nSPS) is 22.9. The highest BCUT2D eigenvalue weighted by Crippen LogP contribution is 2.08. The molecule has 1 heterocycles. The first-order chi connectivity index (χ1) is 6.88. The van der Waals surface area contributed by atoms with Crippen molar-refractivity contribution in [1.82, 2.24) is 5.32 Å². The molecule has 0 aromatic heterocycles. The third-order valence-corrected chi connectivity index (χ3v) is 1.66. The summed E-state index contributed by atoms with van der Waals surface area (Å²) < 4.78 is 25.9. The van der Waals surface area contributed by atoms with Gasteiger partial charge in [0.25, 0.3) is 10.1 Å². The highest BCUT2D eigenvalue weighted by Gasteiger charge is 2.20. The van der Waals surface area contributed by atoms with Crippen LogP contribution in [0.2, 0.25) is 0 Å². The van der Waals surface area contributed by atoms with Crippen molar-refractivity contribution in [3.63, 3.8) is 0 Å². The number of hydrogen-bond donors (Lipinski definition) is 3. The molecule has 0 spiro atoms. The molecule has 8 heteroatoms.